The lowest BCUT2D eigenvalue weighted by Gasteiger charge is -2.09. The maximum atomic E-state index is 12.8. The number of benzene rings is 3. The normalized spacial score (nSPS) is 12.4. The van der Waals surface area contributed by atoms with Crippen molar-refractivity contribution in [3.63, 3.8) is 0 Å². The fourth-order valence-electron chi connectivity index (χ4n) is 3.46. The summed E-state index contributed by atoms with van der Waals surface area (Å²) in [4.78, 5) is 20.0. The molecule has 0 saturated heterocycles. The standard InChI is InChI=1S/C25H23ClN2OS/c1-3-6-21-19-13-16(2)9-11-23(19)30-24-12-10-17(14-22(24)28-21)25(29)27-15-18-7-4-5-8-20(18)26/h4-5,7-14H,3,6,15H2,1-2H3,(H,27,29). The van der Waals surface area contributed by atoms with E-state index in [1.807, 2.05) is 42.5 Å². The molecule has 1 aliphatic heterocycles. The monoisotopic (exact) mass is 434 g/mol. The average molecular weight is 435 g/mol. The number of amides is 1. The molecule has 0 atom stereocenters. The van der Waals surface area contributed by atoms with Gasteiger partial charge in [-0.25, -0.2) is 0 Å². The molecule has 1 heterocycles. The smallest absolute Gasteiger partial charge is 0.251 e. The van der Waals surface area contributed by atoms with Crippen LogP contribution in [0.15, 0.2) is 75.4 Å². The largest absolute Gasteiger partial charge is 0.348 e. The summed E-state index contributed by atoms with van der Waals surface area (Å²) in [6, 6.07) is 19.8. The number of aryl methyl sites for hydroxylation is 1. The van der Waals surface area contributed by atoms with Gasteiger partial charge in [0.2, 0.25) is 0 Å². The zero-order chi connectivity index (χ0) is 21.1. The van der Waals surface area contributed by atoms with Crippen molar-refractivity contribution in [3.8, 4) is 0 Å². The maximum Gasteiger partial charge on any atom is 0.251 e. The molecule has 0 bridgehead atoms. The molecule has 3 nitrogen and oxygen atoms in total. The van der Waals surface area contributed by atoms with Gasteiger partial charge in [0, 0.05) is 38.2 Å². The van der Waals surface area contributed by atoms with E-state index in [1.54, 1.807) is 11.8 Å². The van der Waals surface area contributed by atoms with Crippen molar-refractivity contribution >= 4 is 40.7 Å². The SMILES string of the molecule is CCCC1=Nc2cc(C(=O)NCc3ccccc3Cl)ccc2Sc2ccc(C)cc21. The van der Waals surface area contributed by atoms with E-state index in [0.717, 1.165) is 34.7 Å². The molecular formula is C25H23ClN2OS. The third-order valence-electron chi connectivity index (χ3n) is 5.03. The number of nitrogens with one attached hydrogen (secondary N) is 1. The van der Waals surface area contributed by atoms with Crippen LogP contribution in [0.25, 0.3) is 0 Å². The zero-order valence-corrected chi connectivity index (χ0v) is 18.6. The minimum atomic E-state index is -0.132. The zero-order valence-electron chi connectivity index (χ0n) is 17.0. The third-order valence-corrected chi connectivity index (χ3v) is 6.54. The van der Waals surface area contributed by atoms with Crippen LogP contribution in [0.2, 0.25) is 5.02 Å². The van der Waals surface area contributed by atoms with Crippen molar-refractivity contribution in [3.05, 3.63) is 87.9 Å². The van der Waals surface area contributed by atoms with Crippen LogP contribution in [0.3, 0.4) is 0 Å². The number of fused-ring (bicyclic) bond motifs is 2. The van der Waals surface area contributed by atoms with Gasteiger partial charge in [-0.2, -0.15) is 0 Å². The predicted molar refractivity (Wildman–Crippen MR) is 125 cm³/mol. The van der Waals surface area contributed by atoms with Gasteiger partial charge in [0.05, 0.1) is 5.69 Å². The van der Waals surface area contributed by atoms with Gasteiger partial charge in [-0.1, -0.05) is 66.5 Å². The molecule has 4 rings (SSSR count). The number of hydrogen-bond acceptors (Lipinski definition) is 3. The molecule has 30 heavy (non-hydrogen) atoms. The highest BCUT2D eigenvalue weighted by Crippen LogP contribution is 2.41. The van der Waals surface area contributed by atoms with E-state index in [9.17, 15) is 4.79 Å². The lowest BCUT2D eigenvalue weighted by Crippen LogP contribution is -2.22. The van der Waals surface area contributed by atoms with Crippen molar-refractivity contribution in [1.29, 1.82) is 0 Å². The van der Waals surface area contributed by atoms with Gasteiger partial charge in [0.1, 0.15) is 0 Å². The Kier molecular flexibility index (Phi) is 6.26. The summed E-state index contributed by atoms with van der Waals surface area (Å²) in [6.07, 6.45) is 1.92. The van der Waals surface area contributed by atoms with E-state index in [1.165, 1.54) is 16.0 Å². The minimum Gasteiger partial charge on any atom is -0.348 e. The molecule has 1 aliphatic rings. The molecule has 1 amide bonds. The van der Waals surface area contributed by atoms with Crippen LogP contribution in [0, 0.1) is 6.92 Å². The Labute approximate surface area is 186 Å². The second kappa shape index (κ2) is 9.07. The number of halogens is 1. The average Bonchev–Trinajstić information content (AvgIpc) is 2.89. The van der Waals surface area contributed by atoms with Crippen LogP contribution >= 0.6 is 23.4 Å². The Bertz CT molecular complexity index is 1140. The predicted octanol–water partition coefficient (Wildman–Crippen LogP) is 6.96. The highest BCUT2D eigenvalue weighted by atomic mass is 35.5. The topological polar surface area (TPSA) is 41.5 Å². The molecular weight excluding hydrogens is 412 g/mol. The summed E-state index contributed by atoms with van der Waals surface area (Å²) in [5, 5.41) is 3.61. The van der Waals surface area contributed by atoms with Crippen molar-refractivity contribution in [2.45, 2.75) is 43.0 Å². The van der Waals surface area contributed by atoms with Crippen LogP contribution < -0.4 is 5.32 Å². The number of nitrogens with zero attached hydrogens (tertiary/aromatic N) is 1. The Morgan fingerprint density at radius 2 is 1.87 bits per heavy atom. The van der Waals surface area contributed by atoms with Crippen LogP contribution in [0.5, 0.6) is 0 Å². The van der Waals surface area contributed by atoms with E-state index in [4.69, 9.17) is 16.6 Å². The van der Waals surface area contributed by atoms with Crippen molar-refractivity contribution in [2.24, 2.45) is 4.99 Å². The minimum absolute atomic E-state index is 0.132. The van der Waals surface area contributed by atoms with Crippen LogP contribution in [0.4, 0.5) is 5.69 Å². The molecule has 0 saturated carbocycles. The molecule has 0 radical (unpaired) electrons. The third kappa shape index (κ3) is 4.45. The molecule has 1 N–H and O–H groups in total. The van der Waals surface area contributed by atoms with Gasteiger partial charge in [-0.15, -0.1) is 0 Å². The summed E-state index contributed by atoms with van der Waals surface area (Å²) in [5.41, 5.74) is 5.85. The van der Waals surface area contributed by atoms with Crippen LogP contribution in [-0.2, 0) is 6.54 Å². The van der Waals surface area contributed by atoms with Gasteiger partial charge in [0.15, 0.2) is 0 Å². The summed E-state index contributed by atoms with van der Waals surface area (Å²) in [7, 11) is 0. The molecule has 0 aliphatic carbocycles. The van der Waals surface area contributed by atoms with Gasteiger partial charge >= 0.3 is 0 Å². The van der Waals surface area contributed by atoms with E-state index < -0.39 is 0 Å². The molecule has 0 spiro atoms. The fourth-order valence-corrected chi connectivity index (χ4v) is 4.67. The quantitative estimate of drug-likeness (QED) is 0.471. The maximum absolute atomic E-state index is 12.8. The Morgan fingerprint density at radius 1 is 1.07 bits per heavy atom. The Balaban J connectivity index is 1.63. The molecule has 0 aromatic heterocycles. The highest BCUT2D eigenvalue weighted by Gasteiger charge is 2.19. The lowest BCUT2D eigenvalue weighted by atomic mass is 10.0. The first-order valence-corrected chi connectivity index (χ1v) is 11.3. The summed E-state index contributed by atoms with van der Waals surface area (Å²) in [5.74, 6) is -0.132. The van der Waals surface area contributed by atoms with Crippen molar-refractivity contribution in [1.82, 2.24) is 5.32 Å². The number of rotatable bonds is 5. The molecule has 5 heteroatoms. The fraction of sp³-hybridized carbons (Fsp3) is 0.200. The van der Waals surface area contributed by atoms with Crippen molar-refractivity contribution in [2.75, 3.05) is 0 Å². The molecule has 3 aromatic rings. The van der Waals surface area contributed by atoms with Gasteiger partial charge in [0.25, 0.3) is 5.91 Å². The van der Waals surface area contributed by atoms with Gasteiger partial charge in [-0.3, -0.25) is 9.79 Å². The molecule has 0 unspecified atom stereocenters. The number of carbonyl (C=O) groups is 1. The van der Waals surface area contributed by atoms with E-state index in [-0.39, 0.29) is 5.91 Å². The van der Waals surface area contributed by atoms with Gasteiger partial charge < -0.3 is 5.32 Å². The first-order valence-electron chi connectivity index (χ1n) is 10.1. The van der Waals surface area contributed by atoms with E-state index >= 15 is 0 Å². The number of aliphatic imine (C=N–C) groups is 1. The number of hydrogen-bond donors (Lipinski definition) is 1. The van der Waals surface area contributed by atoms with E-state index in [0.29, 0.717) is 17.1 Å². The first-order chi connectivity index (χ1) is 14.5. The Morgan fingerprint density at radius 3 is 2.67 bits per heavy atom. The summed E-state index contributed by atoms with van der Waals surface area (Å²) >= 11 is 7.91. The lowest BCUT2D eigenvalue weighted by molar-refractivity contribution is 0.0951. The Hall–Kier alpha value is -2.56. The molecule has 152 valence electrons. The van der Waals surface area contributed by atoms with E-state index in [2.05, 4.69) is 37.4 Å². The molecule has 0 fully saturated rings. The highest BCUT2D eigenvalue weighted by molar-refractivity contribution is 7.99. The second-order valence-corrected chi connectivity index (χ2v) is 8.86. The summed E-state index contributed by atoms with van der Waals surface area (Å²) in [6.45, 7) is 4.66. The van der Waals surface area contributed by atoms with Crippen LogP contribution in [0.1, 0.15) is 46.8 Å². The van der Waals surface area contributed by atoms with Crippen molar-refractivity contribution < 1.29 is 4.79 Å². The van der Waals surface area contributed by atoms with Crippen LogP contribution in [-0.4, -0.2) is 11.6 Å². The first kappa shape index (κ1) is 20.7. The van der Waals surface area contributed by atoms with Gasteiger partial charge in [-0.05, 0) is 55.3 Å². The summed E-state index contributed by atoms with van der Waals surface area (Å²) < 4.78 is 0. The second-order valence-electron chi connectivity index (χ2n) is 7.37. The number of carbonyl (C=O) groups excluding carboxylic acids is 1. The molecule has 3 aromatic carbocycles.